The van der Waals surface area contributed by atoms with Gasteiger partial charge in [0, 0.05) is 57.8 Å². The van der Waals surface area contributed by atoms with Gasteiger partial charge >= 0.3 is 30.2 Å². The molecule has 0 aliphatic carbocycles. The number of benzene rings is 6. The molecule has 12 heterocycles. The molecule has 515 valence electrons. The van der Waals surface area contributed by atoms with E-state index < -0.39 is 11.9 Å². The van der Waals surface area contributed by atoms with Gasteiger partial charge in [0.25, 0.3) is 0 Å². The van der Waals surface area contributed by atoms with Gasteiger partial charge in [0.1, 0.15) is 12.2 Å². The van der Waals surface area contributed by atoms with Crippen molar-refractivity contribution in [3.8, 4) is 0 Å². The average molecular weight is 1350 g/mol. The van der Waals surface area contributed by atoms with Crippen molar-refractivity contribution in [1.82, 2.24) is 29.4 Å². The topological polar surface area (TPSA) is 193 Å². The predicted octanol–water partition coefficient (Wildman–Crippen LogP) is 13.4. The van der Waals surface area contributed by atoms with E-state index in [0.29, 0.717) is 44.0 Å². The molecule has 0 saturated carbocycles. The minimum Gasteiger partial charge on any atom is -0.481 e. The zero-order valence-corrected chi connectivity index (χ0v) is 54.9. The van der Waals surface area contributed by atoms with Gasteiger partial charge in [0.2, 0.25) is 0 Å². The molecule has 2 unspecified atom stereocenters. The predicted molar refractivity (Wildman–Crippen MR) is 371 cm³/mol. The fourth-order valence-corrected chi connectivity index (χ4v) is 15.1. The Morgan fingerprint density at radius 2 is 0.688 bits per heavy atom. The van der Waals surface area contributed by atoms with E-state index in [4.69, 9.17) is 24.4 Å². The molecule has 18 heteroatoms. The molecular formula is C78H102N6O11V. The number of amides is 3. The van der Waals surface area contributed by atoms with Crippen LogP contribution in [0.15, 0.2) is 164 Å². The number of carboxylic acids is 2. The van der Waals surface area contributed by atoms with Crippen molar-refractivity contribution < 1.29 is 72.1 Å². The van der Waals surface area contributed by atoms with Crippen molar-refractivity contribution in [1.29, 1.82) is 0 Å². The Kier molecular flexibility index (Phi) is 29.0. The van der Waals surface area contributed by atoms with Crippen LogP contribution >= 0.6 is 0 Å². The number of piperidine rings is 9. The van der Waals surface area contributed by atoms with Gasteiger partial charge in [-0.05, 0) is 172 Å². The first kappa shape index (κ1) is 75.9. The number of aliphatic hydroxyl groups is 1. The third kappa shape index (κ3) is 19.0. The first-order chi connectivity index (χ1) is 44.9. The number of carbonyl (C=O) groups is 5. The van der Waals surface area contributed by atoms with Crippen LogP contribution in [-0.2, 0) is 61.6 Å². The van der Waals surface area contributed by atoms with Gasteiger partial charge in [0.15, 0.2) is 0 Å². The largest absolute Gasteiger partial charge is 0.481 e. The van der Waals surface area contributed by atoms with Crippen LogP contribution in [0.2, 0.25) is 0 Å². The number of ether oxygens (including phenoxy) is 3. The van der Waals surface area contributed by atoms with Crippen LogP contribution in [0.1, 0.15) is 149 Å². The molecule has 0 spiro atoms. The molecule has 9 fully saturated rings. The van der Waals surface area contributed by atoms with E-state index in [9.17, 15) is 29.1 Å². The molecular weight excluding hydrogens is 1250 g/mol. The van der Waals surface area contributed by atoms with E-state index in [-0.39, 0.29) is 108 Å². The van der Waals surface area contributed by atoms with E-state index in [1.54, 1.807) is 0 Å². The first-order valence-corrected chi connectivity index (χ1v) is 33.4. The monoisotopic (exact) mass is 1350 g/mol. The van der Waals surface area contributed by atoms with Gasteiger partial charge in [-0.3, -0.25) is 34.1 Å². The Bertz CT molecular complexity index is 3250. The maximum Gasteiger partial charge on any atom is 0.410 e. The smallest absolute Gasteiger partial charge is 0.410 e. The van der Waals surface area contributed by atoms with Gasteiger partial charge in [-0.1, -0.05) is 186 Å². The first-order valence-electron chi connectivity index (χ1n) is 33.4. The molecule has 6 atom stereocenters. The Morgan fingerprint density at radius 1 is 0.396 bits per heavy atom. The summed E-state index contributed by atoms with van der Waals surface area (Å²) in [6.07, 6.45) is 8.66. The van der Waals surface area contributed by atoms with Crippen LogP contribution in [0, 0.1) is 17.8 Å². The number of hydrogen-bond donors (Lipinski definition) is 3. The van der Waals surface area contributed by atoms with Gasteiger partial charge in [-0.2, -0.15) is 0 Å². The van der Waals surface area contributed by atoms with E-state index in [1.807, 2.05) is 82.3 Å². The minimum atomic E-state index is -1.08. The SMILES string of the molecule is C.C.C.CCOC(=O)N1CCc2ccccc2C1c1ccccc1.O=C(O)CCC(=O)O.O=C(O[C@H]1CN2CCC1CC2)N1CCc2ccccc2C1c1ccccc1.O=C(O[C@H]1CN2CCC1CC2)N1CCc2ccccc2[C@@H]1c1ccccc1.O[C@H]1CN2CCC1CC2.[V]. The summed E-state index contributed by atoms with van der Waals surface area (Å²) in [7, 11) is 0. The number of rotatable bonds is 9. The zero-order chi connectivity index (χ0) is 63.9. The van der Waals surface area contributed by atoms with E-state index in [1.165, 1.54) is 59.3 Å². The van der Waals surface area contributed by atoms with Crippen LogP contribution < -0.4 is 0 Å². The van der Waals surface area contributed by atoms with E-state index in [2.05, 4.69) is 118 Å². The van der Waals surface area contributed by atoms with Crippen LogP contribution in [0.5, 0.6) is 0 Å². The molecule has 96 heavy (non-hydrogen) atoms. The Hall–Kier alpha value is -7.51. The number of aliphatic carboxylic acids is 2. The number of aliphatic hydroxyl groups excluding tert-OH is 1. The standard InChI is InChI=1S/2C23H26N2O2.C18H19NO2.C7H13NO.C4H6O4.3CH4.V/c2*26-23(27-21-16-24-13-10-18(21)11-14-24)25-15-12-17-6-4-5-9-20(17)22(25)19-7-2-1-3-8-19;1-2-21-18(20)19-13-12-14-8-6-7-11-16(14)17(19)15-9-4-3-5-10-15;9-7-5-8-3-1-6(7)2-4-8;5-3(6)1-2-4(7)8;;;;/h2*1-9,18,21-22H,10-16H2;3-11,17H,2,12-13H2,1H3;6-7,9H,1-5H2;1-2H2,(H,5,6)(H,7,8);3*1H4;/t21-,22?;21-,22-;;7-;;;;;/m00.0...../s1. The van der Waals surface area contributed by atoms with Crippen molar-refractivity contribution in [2.75, 3.05) is 85.1 Å². The van der Waals surface area contributed by atoms with Crippen LogP contribution in [0.3, 0.4) is 0 Å². The summed E-state index contributed by atoms with van der Waals surface area (Å²) in [5.41, 5.74) is 11.0. The number of nitrogens with zero attached hydrogens (tertiary/aromatic N) is 6. The van der Waals surface area contributed by atoms with Crippen LogP contribution in [0.25, 0.3) is 0 Å². The van der Waals surface area contributed by atoms with Gasteiger partial charge in [-0.15, -0.1) is 0 Å². The van der Waals surface area contributed by atoms with Crippen molar-refractivity contribution in [2.45, 2.75) is 136 Å². The zero-order valence-electron chi connectivity index (χ0n) is 53.5. The normalized spacial score (nSPS) is 25.6. The van der Waals surface area contributed by atoms with Gasteiger partial charge in [-0.25, -0.2) is 14.4 Å². The molecule has 12 aliphatic heterocycles. The number of carbonyl (C=O) groups excluding carboxylic acids is 3. The Labute approximate surface area is 581 Å². The number of hydrogen-bond acceptors (Lipinski definition) is 12. The molecule has 6 bridgehead atoms. The quantitative estimate of drug-likeness (QED) is 0.116. The molecule has 0 aromatic heterocycles. The van der Waals surface area contributed by atoms with Crippen LogP contribution in [0.4, 0.5) is 14.4 Å². The molecule has 6 aromatic rings. The fourth-order valence-electron chi connectivity index (χ4n) is 15.1. The molecule has 17 nitrogen and oxygen atoms in total. The molecule has 3 N–H and O–H groups in total. The third-order valence-electron chi connectivity index (χ3n) is 20.0. The molecule has 9 saturated heterocycles. The second kappa shape index (κ2) is 36.7. The van der Waals surface area contributed by atoms with Crippen molar-refractivity contribution in [3.05, 3.63) is 214 Å². The van der Waals surface area contributed by atoms with E-state index in [0.717, 1.165) is 107 Å². The molecule has 18 rings (SSSR count). The molecule has 12 aliphatic rings. The summed E-state index contributed by atoms with van der Waals surface area (Å²) in [4.78, 5) is 70.9. The fraction of sp³-hybridized carbons (Fsp3) is 0.474. The molecule has 1 radical (unpaired) electrons. The van der Waals surface area contributed by atoms with Gasteiger partial charge < -0.3 is 34.4 Å². The van der Waals surface area contributed by atoms with Gasteiger partial charge in [0.05, 0.1) is 43.7 Å². The van der Waals surface area contributed by atoms with E-state index >= 15 is 0 Å². The third-order valence-corrected chi connectivity index (χ3v) is 20.0. The summed E-state index contributed by atoms with van der Waals surface area (Å²) in [6, 6.07) is 56.0. The molecule has 6 aromatic carbocycles. The maximum absolute atomic E-state index is 13.2. The second-order valence-electron chi connectivity index (χ2n) is 25.7. The van der Waals surface area contributed by atoms with Crippen LogP contribution in [-0.4, -0.2) is 178 Å². The number of carboxylic acid groups (broad SMARTS) is 2. The Balaban J connectivity index is 0.000000178. The summed E-state index contributed by atoms with van der Waals surface area (Å²) >= 11 is 0. The summed E-state index contributed by atoms with van der Waals surface area (Å²) < 4.78 is 17.4. The average Bonchev–Trinajstić information content (AvgIpc) is 0.841. The second-order valence-corrected chi connectivity index (χ2v) is 25.7. The Morgan fingerprint density at radius 3 is 0.948 bits per heavy atom. The molecule has 3 amide bonds. The maximum atomic E-state index is 13.2. The minimum absolute atomic E-state index is 0. The van der Waals surface area contributed by atoms with Crippen molar-refractivity contribution in [2.24, 2.45) is 17.8 Å². The number of fused-ring (bicyclic) bond motifs is 12. The van der Waals surface area contributed by atoms with Crippen molar-refractivity contribution >= 4 is 30.2 Å². The summed E-state index contributed by atoms with van der Waals surface area (Å²) in [5.74, 6) is -0.452. The van der Waals surface area contributed by atoms with Crippen molar-refractivity contribution in [3.63, 3.8) is 0 Å². The summed E-state index contributed by atoms with van der Waals surface area (Å²) in [6.45, 7) is 14.1. The summed E-state index contributed by atoms with van der Waals surface area (Å²) in [5, 5.41) is 25.2.